The van der Waals surface area contributed by atoms with E-state index in [9.17, 15) is 9.59 Å². The zero-order valence-electron chi connectivity index (χ0n) is 16.5. The fourth-order valence-corrected chi connectivity index (χ4v) is 2.98. The van der Waals surface area contributed by atoms with E-state index in [0.29, 0.717) is 34.1 Å². The molecule has 3 aromatic rings. The molecule has 0 atom stereocenters. The third kappa shape index (κ3) is 4.06. The molecule has 2 N–H and O–H groups in total. The highest BCUT2D eigenvalue weighted by molar-refractivity contribution is 6.14. The number of methoxy groups -OCH3 is 3. The van der Waals surface area contributed by atoms with E-state index >= 15 is 0 Å². The summed E-state index contributed by atoms with van der Waals surface area (Å²) in [5.41, 5.74) is 2.56. The van der Waals surface area contributed by atoms with Crippen LogP contribution in [0.25, 0.3) is 11.3 Å². The molecule has 2 aromatic carbocycles. The molecule has 0 fully saturated rings. The molecule has 0 aliphatic heterocycles. The van der Waals surface area contributed by atoms with Crippen LogP contribution in [-0.2, 0) is 4.79 Å². The first-order chi connectivity index (χ1) is 14.0. The number of aromatic amines is 1. The summed E-state index contributed by atoms with van der Waals surface area (Å²) in [4.78, 5) is 25.0. The van der Waals surface area contributed by atoms with Crippen LogP contribution in [0.1, 0.15) is 22.8 Å². The molecule has 3 rings (SSSR count). The number of nitrogens with zero attached hydrogens (tertiary/aromatic N) is 1. The molecule has 8 nitrogen and oxygen atoms in total. The fourth-order valence-electron chi connectivity index (χ4n) is 2.98. The Hall–Kier alpha value is -3.81. The molecular formula is C21H21N3O5. The lowest BCUT2D eigenvalue weighted by atomic mass is 9.97. The smallest absolute Gasteiger partial charge is 0.221 e. The van der Waals surface area contributed by atoms with Crippen molar-refractivity contribution in [2.75, 3.05) is 26.6 Å². The Kier molecular flexibility index (Phi) is 5.82. The molecule has 150 valence electrons. The molecule has 0 unspecified atom stereocenters. The Labute approximate surface area is 167 Å². The van der Waals surface area contributed by atoms with Crippen LogP contribution in [0.4, 0.5) is 5.69 Å². The maximum atomic E-state index is 13.4. The van der Waals surface area contributed by atoms with Gasteiger partial charge in [-0.15, -0.1) is 0 Å². The summed E-state index contributed by atoms with van der Waals surface area (Å²) in [7, 11) is 4.45. The van der Waals surface area contributed by atoms with Crippen LogP contribution < -0.4 is 19.5 Å². The van der Waals surface area contributed by atoms with Crippen molar-refractivity contribution >= 4 is 17.4 Å². The summed E-state index contributed by atoms with van der Waals surface area (Å²) in [6, 6.07) is 10.1. The van der Waals surface area contributed by atoms with Gasteiger partial charge >= 0.3 is 0 Å². The first kappa shape index (κ1) is 19.9. The molecule has 0 radical (unpaired) electrons. The maximum absolute atomic E-state index is 13.4. The van der Waals surface area contributed by atoms with E-state index in [1.54, 1.807) is 42.6 Å². The van der Waals surface area contributed by atoms with Crippen molar-refractivity contribution in [2.24, 2.45) is 0 Å². The van der Waals surface area contributed by atoms with Crippen LogP contribution in [0.3, 0.4) is 0 Å². The fraction of sp³-hybridized carbons (Fsp3) is 0.190. The van der Waals surface area contributed by atoms with Gasteiger partial charge < -0.3 is 19.5 Å². The standard InChI is InChI=1S/C21H21N3O5/c1-12(25)23-17-6-5-13(16-7-8-22-24-16)9-15(17)20(26)14-10-18(27-2)21(29-4)19(11-14)28-3/h5-11H,1-4H3,(H,22,24)(H,23,25). The van der Waals surface area contributed by atoms with E-state index in [0.717, 1.165) is 11.3 Å². The second-order valence-corrected chi connectivity index (χ2v) is 6.16. The van der Waals surface area contributed by atoms with Crippen molar-refractivity contribution in [1.29, 1.82) is 0 Å². The number of aromatic nitrogens is 2. The average Bonchev–Trinajstić information content (AvgIpc) is 3.26. The highest BCUT2D eigenvalue weighted by Crippen LogP contribution is 2.39. The van der Waals surface area contributed by atoms with Gasteiger partial charge in [0.25, 0.3) is 0 Å². The van der Waals surface area contributed by atoms with Gasteiger partial charge in [-0.25, -0.2) is 0 Å². The number of rotatable bonds is 7. The molecule has 1 heterocycles. The molecule has 0 aliphatic carbocycles. The van der Waals surface area contributed by atoms with Crippen LogP contribution in [0.2, 0.25) is 0 Å². The quantitative estimate of drug-likeness (QED) is 0.595. The predicted octanol–water partition coefficient (Wildman–Crippen LogP) is 3.29. The lowest BCUT2D eigenvalue weighted by molar-refractivity contribution is -0.114. The molecule has 0 bridgehead atoms. The van der Waals surface area contributed by atoms with Gasteiger partial charge in [0.1, 0.15) is 0 Å². The minimum absolute atomic E-state index is 0.279. The van der Waals surface area contributed by atoms with Gasteiger partial charge in [-0.1, -0.05) is 6.07 Å². The van der Waals surface area contributed by atoms with Crippen LogP contribution in [0.15, 0.2) is 42.6 Å². The largest absolute Gasteiger partial charge is 0.493 e. The number of hydrogen-bond acceptors (Lipinski definition) is 6. The summed E-state index contributed by atoms with van der Waals surface area (Å²) in [6.07, 6.45) is 1.62. The van der Waals surface area contributed by atoms with Gasteiger partial charge in [-0.05, 0) is 30.3 Å². The lowest BCUT2D eigenvalue weighted by Crippen LogP contribution is -2.12. The summed E-state index contributed by atoms with van der Waals surface area (Å²) in [5, 5.41) is 9.51. The number of carbonyl (C=O) groups is 2. The van der Waals surface area contributed by atoms with Gasteiger partial charge in [-0.2, -0.15) is 5.10 Å². The Balaban J connectivity index is 2.14. The monoisotopic (exact) mass is 395 g/mol. The van der Waals surface area contributed by atoms with Crippen molar-refractivity contribution in [3.63, 3.8) is 0 Å². The molecule has 0 saturated carbocycles. The van der Waals surface area contributed by atoms with Gasteiger partial charge in [0.2, 0.25) is 11.7 Å². The summed E-state index contributed by atoms with van der Waals surface area (Å²) < 4.78 is 16.0. The minimum Gasteiger partial charge on any atom is -0.493 e. The summed E-state index contributed by atoms with van der Waals surface area (Å²) >= 11 is 0. The molecule has 1 aromatic heterocycles. The molecule has 8 heteroatoms. The number of H-pyrrole nitrogens is 1. The second-order valence-electron chi connectivity index (χ2n) is 6.16. The van der Waals surface area contributed by atoms with E-state index in [-0.39, 0.29) is 11.7 Å². The number of carbonyl (C=O) groups excluding carboxylic acids is 2. The highest BCUT2D eigenvalue weighted by Gasteiger charge is 2.21. The molecule has 1 amide bonds. The lowest BCUT2D eigenvalue weighted by Gasteiger charge is -2.15. The van der Waals surface area contributed by atoms with E-state index < -0.39 is 0 Å². The predicted molar refractivity (Wildman–Crippen MR) is 108 cm³/mol. The van der Waals surface area contributed by atoms with Crippen molar-refractivity contribution in [3.05, 3.63) is 53.7 Å². The maximum Gasteiger partial charge on any atom is 0.221 e. The number of amides is 1. The summed E-state index contributed by atoms with van der Waals surface area (Å²) in [5.74, 6) is 0.523. The SMILES string of the molecule is COc1cc(C(=O)c2cc(-c3ccn[nH]3)ccc2NC(C)=O)cc(OC)c1OC. The van der Waals surface area contributed by atoms with Gasteiger partial charge in [0.05, 0.1) is 32.7 Å². The van der Waals surface area contributed by atoms with Gasteiger partial charge in [0.15, 0.2) is 17.3 Å². The highest BCUT2D eigenvalue weighted by atomic mass is 16.5. The van der Waals surface area contributed by atoms with E-state index in [1.807, 2.05) is 0 Å². The number of hydrogen-bond donors (Lipinski definition) is 2. The third-order valence-corrected chi connectivity index (χ3v) is 4.31. The van der Waals surface area contributed by atoms with Gasteiger partial charge in [-0.3, -0.25) is 14.7 Å². The van der Waals surface area contributed by atoms with Crippen molar-refractivity contribution in [3.8, 4) is 28.5 Å². The van der Waals surface area contributed by atoms with Crippen molar-refractivity contribution in [1.82, 2.24) is 10.2 Å². The number of benzene rings is 2. The van der Waals surface area contributed by atoms with Crippen LogP contribution in [-0.4, -0.2) is 43.2 Å². The Bertz CT molecular complexity index is 1020. The average molecular weight is 395 g/mol. The number of ketones is 1. The van der Waals surface area contributed by atoms with Gasteiger partial charge in [0, 0.05) is 29.8 Å². The van der Waals surface area contributed by atoms with E-state index in [4.69, 9.17) is 14.2 Å². The Morgan fingerprint density at radius 1 is 0.966 bits per heavy atom. The number of ether oxygens (including phenoxy) is 3. The molecule has 29 heavy (non-hydrogen) atoms. The van der Waals surface area contributed by atoms with E-state index in [1.165, 1.54) is 28.3 Å². The normalized spacial score (nSPS) is 10.3. The van der Waals surface area contributed by atoms with Crippen LogP contribution in [0.5, 0.6) is 17.2 Å². The third-order valence-electron chi connectivity index (χ3n) is 4.31. The molecule has 0 saturated heterocycles. The molecular weight excluding hydrogens is 374 g/mol. The minimum atomic E-state index is -0.311. The number of nitrogens with one attached hydrogen (secondary N) is 2. The van der Waals surface area contributed by atoms with Crippen LogP contribution >= 0.6 is 0 Å². The van der Waals surface area contributed by atoms with Crippen molar-refractivity contribution in [2.45, 2.75) is 6.92 Å². The molecule has 0 spiro atoms. The van der Waals surface area contributed by atoms with E-state index in [2.05, 4.69) is 15.5 Å². The zero-order chi connectivity index (χ0) is 21.0. The molecule has 0 aliphatic rings. The first-order valence-corrected chi connectivity index (χ1v) is 8.74. The zero-order valence-corrected chi connectivity index (χ0v) is 16.5. The summed E-state index contributed by atoms with van der Waals surface area (Å²) in [6.45, 7) is 1.39. The second kappa shape index (κ2) is 8.47. The van der Waals surface area contributed by atoms with Crippen LogP contribution in [0, 0.1) is 0 Å². The Morgan fingerprint density at radius 2 is 1.66 bits per heavy atom. The van der Waals surface area contributed by atoms with Crippen molar-refractivity contribution < 1.29 is 23.8 Å². The number of anilines is 1. The Morgan fingerprint density at radius 3 is 2.17 bits per heavy atom. The first-order valence-electron chi connectivity index (χ1n) is 8.74. The topological polar surface area (TPSA) is 103 Å².